The molecule has 0 amide bonds. The van der Waals surface area contributed by atoms with E-state index < -0.39 is 0 Å². The van der Waals surface area contributed by atoms with Gasteiger partial charge in [-0.05, 0) is 23.8 Å². The highest BCUT2D eigenvalue weighted by molar-refractivity contribution is 7.99. The molecule has 0 radical (unpaired) electrons. The third kappa shape index (κ3) is 4.18. The van der Waals surface area contributed by atoms with E-state index in [1.54, 1.807) is 33.1 Å². The molecule has 3 aromatic rings. The van der Waals surface area contributed by atoms with Gasteiger partial charge in [0.1, 0.15) is 11.2 Å². The summed E-state index contributed by atoms with van der Waals surface area (Å²) in [7, 11) is 4.83. The highest BCUT2D eigenvalue weighted by Gasteiger charge is 2.24. The molecule has 1 aromatic heterocycles. The zero-order valence-electron chi connectivity index (χ0n) is 16.6. The minimum Gasteiger partial charge on any atom is -0.497 e. The highest BCUT2D eigenvalue weighted by Crippen LogP contribution is 2.31. The summed E-state index contributed by atoms with van der Waals surface area (Å²) >= 11 is 1.61. The Morgan fingerprint density at radius 2 is 1.79 bits per heavy atom. The molecular formula is C21H23N3O4S. The molecular weight excluding hydrogens is 390 g/mol. The Balaban J connectivity index is 1.80. The van der Waals surface area contributed by atoms with Gasteiger partial charge in [-0.3, -0.25) is 5.41 Å². The van der Waals surface area contributed by atoms with E-state index in [9.17, 15) is 0 Å². The summed E-state index contributed by atoms with van der Waals surface area (Å²) < 4.78 is 23.3. The normalized spacial score (nSPS) is 15.3. The van der Waals surface area contributed by atoms with Gasteiger partial charge in [-0.1, -0.05) is 23.9 Å². The van der Waals surface area contributed by atoms with E-state index in [1.165, 1.54) is 0 Å². The molecule has 7 nitrogen and oxygen atoms in total. The number of aromatic nitrogens is 2. The third-order valence-electron chi connectivity index (χ3n) is 4.77. The third-order valence-corrected chi connectivity index (χ3v) is 5.88. The van der Waals surface area contributed by atoms with Crippen LogP contribution < -0.4 is 19.7 Å². The zero-order valence-corrected chi connectivity index (χ0v) is 17.4. The van der Waals surface area contributed by atoms with Gasteiger partial charge in [0.2, 0.25) is 0 Å². The number of rotatable bonds is 8. The van der Waals surface area contributed by atoms with Gasteiger partial charge >= 0.3 is 0 Å². The van der Waals surface area contributed by atoms with Crippen molar-refractivity contribution in [2.24, 2.45) is 0 Å². The second kappa shape index (κ2) is 8.34. The molecule has 8 heteroatoms. The monoisotopic (exact) mass is 413 g/mol. The van der Waals surface area contributed by atoms with Crippen LogP contribution in [0.25, 0.3) is 10.9 Å². The number of ether oxygens (including phenoxy) is 4. The van der Waals surface area contributed by atoms with Crippen LogP contribution in [0, 0.1) is 5.41 Å². The van der Waals surface area contributed by atoms with Crippen LogP contribution in [0.15, 0.2) is 41.6 Å². The Morgan fingerprint density at radius 3 is 2.41 bits per heavy atom. The minimum absolute atomic E-state index is 0.270. The number of benzene rings is 2. The van der Waals surface area contributed by atoms with Gasteiger partial charge in [0.05, 0.1) is 46.1 Å². The number of thioether (sulfide) groups is 1. The molecule has 2 heterocycles. The topological polar surface area (TPSA) is 81.9 Å². The lowest BCUT2D eigenvalue weighted by atomic mass is 10.2. The van der Waals surface area contributed by atoms with E-state index in [1.807, 2.05) is 41.0 Å². The fourth-order valence-electron chi connectivity index (χ4n) is 3.06. The minimum atomic E-state index is 0.270. The average Bonchev–Trinajstić information content (AvgIpc) is 3.58. The van der Waals surface area contributed by atoms with E-state index in [-0.39, 0.29) is 6.10 Å². The molecule has 1 atom stereocenters. The first kappa shape index (κ1) is 19.6. The van der Waals surface area contributed by atoms with Gasteiger partial charge in [-0.25, -0.2) is 4.98 Å². The van der Waals surface area contributed by atoms with Crippen molar-refractivity contribution in [1.82, 2.24) is 9.55 Å². The zero-order chi connectivity index (χ0) is 20.4. The van der Waals surface area contributed by atoms with E-state index in [2.05, 4.69) is 0 Å². The fraction of sp³-hybridized carbons (Fsp3) is 0.333. The predicted molar refractivity (Wildman–Crippen MR) is 111 cm³/mol. The maximum atomic E-state index is 8.87. The summed E-state index contributed by atoms with van der Waals surface area (Å²) in [5.41, 5.74) is 2.15. The van der Waals surface area contributed by atoms with Crippen molar-refractivity contribution in [2.75, 3.05) is 33.7 Å². The molecule has 0 bridgehead atoms. The largest absolute Gasteiger partial charge is 0.497 e. The lowest BCUT2D eigenvalue weighted by molar-refractivity contribution is 0.355. The van der Waals surface area contributed by atoms with Crippen LogP contribution in [0.4, 0.5) is 0 Å². The average molecular weight is 413 g/mol. The van der Waals surface area contributed by atoms with Crippen molar-refractivity contribution in [1.29, 1.82) is 5.41 Å². The van der Waals surface area contributed by atoms with Gasteiger partial charge in [-0.15, -0.1) is 0 Å². The van der Waals surface area contributed by atoms with Gasteiger partial charge in [0, 0.05) is 17.2 Å². The summed E-state index contributed by atoms with van der Waals surface area (Å²) in [5, 5.41) is 10.4. The SMILES string of the molecule is COc1ccc(Cn2c(SC[C@H]3CO3)nc3cc(OC)c(OC)cc3c2=N)cc1. The Kier molecular flexibility index (Phi) is 5.64. The fourth-order valence-corrected chi connectivity index (χ4v) is 4.06. The second-order valence-electron chi connectivity index (χ2n) is 6.67. The van der Waals surface area contributed by atoms with Crippen molar-refractivity contribution in [3.63, 3.8) is 0 Å². The van der Waals surface area contributed by atoms with Crippen LogP contribution >= 0.6 is 11.8 Å². The van der Waals surface area contributed by atoms with Crippen LogP contribution in [0.1, 0.15) is 5.56 Å². The Hall–Kier alpha value is -2.71. The summed E-state index contributed by atoms with van der Waals surface area (Å²) in [5.74, 6) is 2.80. The number of epoxide rings is 1. The van der Waals surface area contributed by atoms with Crippen molar-refractivity contribution in [3.05, 3.63) is 47.4 Å². The van der Waals surface area contributed by atoms with Crippen LogP contribution in [0.2, 0.25) is 0 Å². The van der Waals surface area contributed by atoms with E-state index >= 15 is 0 Å². The Labute approximate surface area is 173 Å². The smallest absolute Gasteiger partial charge is 0.170 e. The van der Waals surface area contributed by atoms with Gasteiger partial charge in [0.25, 0.3) is 0 Å². The molecule has 152 valence electrons. The van der Waals surface area contributed by atoms with Crippen molar-refractivity contribution in [3.8, 4) is 17.2 Å². The Bertz CT molecular complexity index is 1080. The molecule has 0 unspecified atom stereocenters. The van der Waals surface area contributed by atoms with Crippen LogP contribution in [0.5, 0.6) is 17.2 Å². The van der Waals surface area contributed by atoms with Crippen LogP contribution in [-0.4, -0.2) is 49.3 Å². The molecule has 1 N–H and O–H groups in total. The number of hydrogen-bond acceptors (Lipinski definition) is 7. The van der Waals surface area contributed by atoms with E-state index in [0.717, 1.165) is 28.8 Å². The molecule has 29 heavy (non-hydrogen) atoms. The quantitative estimate of drug-likeness (QED) is 0.347. The van der Waals surface area contributed by atoms with E-state index in [0.29, 0.717) is 34.4 Å². The number of hydrogen-bond donors (Lipinski definition) is 1. The lowest BCUT2D eigenvalue weighted by Crippen LogP contribution is -2.24. The Morgan fingerprint density at radius 1 is 1.10 bits per heavy atom. The van der Waals surface area contributed by atoms with Crippen molar-refractivity contribution >= 4 is 22.7 Å². The predicted octanol–water partition coefficient (Wildman–Crippen LogP) is 3.08. The molecule has 4 rings (SSSR count). The number of nitrogens with zero attached hydrogens (tertiary/aromatic N) is 2. The summed E-state index contributed by atoms with van der Waals surface area (Å²) in [6, 6.07) is 11.5. The molecule has 0 saturated carbocycles. The highest BCUT2D eigenvalue weighted by atomic mass is 32.2. The van der Waals surface area contributed by atoms with Crippen LogP contribution in [0.3, 0.4) is 0 Å². The number of nitrogens with one attached hydrogen (secondary N) is 1. The number of fused-ring (bicyclic) bond motifs is 1. The van der Waals surface area contributed by atoms with Crippen LogP contribution in [-0.2, 0) is 11.3 Å². The second-order valence-corrected chi connectivity index (χ2v) is 7.66. The first-order chi connectivity index (χ1) is 14.1. The summed E-state index contributed by atoms with van der Waals surface area (Å²) in [4.78, 5) is 4.84. The maximum Gasteiger partial charge on any atom is 0.170 e. The summed E-state index contributed by atoms with van der Waals surface area (Å²) in [6.07, 6.45) is 0.270. The van der Waals surface area contributed by atoms with Crippen molar-refractivity contribution in [2.45, 2.75) is 17.8 Å². The molecule has 1 fully saturated rings. The molecule has 2 aromatic carbocycles. The lowest BCUT2D eigenvalue weighted by Gasteiger charge is -2.16. The van der Waals surface area contributed by atoms with E-state index in [4.69, 9.17) is 29.3 Å². The molecule has 0 aliphatic carbocycles. The van der Waals surface area contributed by atoms with Gasteiger partial charge in [0.15, 0.2) is 16.7 Å². The van der Waals surface area contributed by atoms with Crippen molar-refractivity contribution < 1.29 is 18.9 Å². The van der Waals surface area contributed by atoms with Gasteiger partial charge < -0.3 is 23.5 Å². The standard InChI is InChI=1S/C21H23N3O4S/c1-25-14-6-4-13(5-7-14)10-24-20(22)16-8-18(26-2)19(27-3)9-17(16)23-21(24)29-12-15-11-28-15/h4-9,15,22H,10-12H2,1-3H3/t15-/m1/s1. The summed E-state index contributed by atoms with van der Waals surface area (Å²) in [6.45, 7) is 1.33. The maximum absolute atomic E-state index is 8.87. The molecule has 1 aliphatic heterocycles. The first-order valence-corrected chi connectivity index (χ1v) is 10.2. The molecule has 1 aliphatic rings. The molecule has 0 spiro atoms. The van der Waals surface area contributed by atoms with Gasteiger partial charge in [-0.2, -0.15) is 0 Å². The molecule has 1 saturated heterocycles. The number of methoxy groups -OCH3 is 3. The first-order valence-electron chi connectivity index (χ1n) is 9.21.